The molecule has 6 heterocycles. The molecule has 0 saturated heterocycles. The Kier molecular flexibility index (Phi) is 20.8. The molecule has 0 spiro atoms. The van der Waals surface area contributed by atoms with E-state index in [0.29, 0.717) is 0 Å². The molecule has 0 saturated carbocycles. The van der Waals surface area contributed by atoms with Crippen LogP contribution in [-0.2, 0) is 0 Å². The number of pyridine rings is 2. The fourth-order valence-corrected chi connectivity index (χ4v) is 18.3. The van der Waals surface area contributed by atoms with Crippen LogP contribution in [0.2, 0.25) is 0 Å². The van der Waals surface area contributed by atoms with Crippen molar-refractivity contribution in [2.45, 2.75) is 0 Å². The maximum Gasteiger partial charge on any atom is 0.145 e. The Bertz CT molecular complexity index is 8260. The summed E-state index contributed by atoms with van der Waals surface area (Å²) < 4.78 is 9.10. The van der Waals surface area contributed by atoms with Crippen molar-refractivity contribution in [3.05, 3.63) is 497 Å². The van der Waals surface area contributed by atoms with Crippen molar-refractivity contribution in [1.29, 1.82) is 0 Å². The second-order valence-corrected chi connectivity index (χ2v) is 32.9. The molecule has 0 N–H and O–H groups in total. The van der Waals surface area contributed by atoms with E-state index in [4.69, 9.17) is 29.9 Å². The van der Waals surface area contributed by atoms with Crippen molar-refractivity contribution in [3.63, 3.8) is 0 Å². The summed E-state index contributed by atoms with van der Waals surface area (Å²) in [4.78, 5) is 32.0. The normalized spacial score (nSPS) is 11.3. The van der Waals surface area contributed by atoms with Crippen LogP contribution in [0.5, 0.6) is 0 Å². The van der Waals surface area contributed by atoms with Crippen molar-refractivity contribution >= 4 is 43.6 Å². The van der Waals surface area contributed by atoms with Crippen molar-refractivity contribution < 1.29 is 0 Å². The summed E-state index contributed by atoms with van der Waals surface area (Å²) >= 11 is 0. The molecule has 24 rings (SSSR count). The van der Waals surface area contributed by atoms with Gasteiger partial charge in [-0.05, 0) is 118 Å². The van der Waals surface area contributed by atoms with Gasteiger partial charge >= 0.3 is 0 Å². The molecular weight excluding hydrogens is 1610 g/mol. The summed E-state index contributed by atoms with van der Waals surface area (Å²) in [5, 5.41) is 4.49. The van der Waals surface area contributed by atoms with E-state index in [1.54, 1.807) is 0 Å². The van der Waals surface area contributed by atoms with Crippen LogP contribution in [0.15, 0.2) is 497 Å². The van der Waals surface area contributed by atoms with Gasteiger partial charge in [0.15, 0.2) is 0 Å². The van der Waals surface area contributed by atoms with Crippen LogP contribution in [0, 0.1) is 0 Å². The molecule has 0 fully saturated rings. The highest BCUT2D eigenvalue weighted by Gasteiger charge is 2.27. The summed E-state index contributed by atoms with van der Waals surface area (Å²) in [5.74, 6) is 3.61. The molecular formula is C122H82N10. The summed E-state index contributed by atoms with van der Waals surface area (Å²) in [7, 11) is 0. The highest BCUT2D eigenvalue weighted by atomic mass is 15.1. The number of hydrogen-bond acceptors (Lipinski definition) is 6. The number of benzene rings is 18. The first-order chi connectivity index (χ1) is 65.5. The number of rotatable bonds is 18. The fraction of sp³-hybridized carbons (Fsp3) is 0. The molecule has 0 radical (unpaired) electrons. The minimum atomic E-state index is 0.879. The first kappa shape index (κ1) is 78.8. The lowest BCUT2D eigenvalue weighted by atomic mass is 9.97. The topological polar surface area (TPSA) is 97.1 Å². The smallest absolute Gasteiger partial charge is 0.145 e. The molecule has 0 atom stereocenters. The minimum absolute atomic E-state index is 0.879. The molecule has 620 valence electrons. The highest BCUT2D eigenvalue weighted by molar-refractivity contribution is 6.00. The van der Waals surface area contributed by atoms with Crippen LogP contribution in [0.1, 0.15) is 0 Å². The third-order valence-corrected chi connectivity index (χ3v) is 24.7. The first-order valence-corrected chi connectivity index (χ1v) is 44.5. The average molecular weight is 1690 g/mol. The Morgan fingerprint density at radius 3 is 0.727 bits per heavy atom. The molecule has 6 aromatic heterocycles. The van der Waals surface area contributed by atoms with E-state index in [1.807, 2.05) is 48.5 Å². The Hall–Kier alpha value is -17.9. The van der Waals surface area contributed by atoms with E-state index in [-0.39, 0.29) is 0 Å². The standard InChI is InChI=1S/C63H43N5.C59H39N5/c1-7-21-45(22-8-1)58-60(48-25-11-3-12-26-48)67(62(65-58)50-29-15-5-16-30-50)53-39-35-44(36-40-53)56-43-52-33-19-20-34-55(52)57(64-56)47-37-41-54(42-38-47)68-61(49-27-13-4-14-28-49)59(46-23-9-2-10-24-46)66-63(68)51-31-17-6-18-32-51;1-5-15-44(16-6-1)58-61-53-37-46(33-35-55(53)63(58)49-20-9-3-10-21-49)40-25-29-42(30-26-40)52-39-48-19-13-14-24-51(48)57(60-52)43-31-27-41(28-32-43)47-34-36-56-54(38-47)62-59(45-17-7-2-8-18-45)64(56)50-22-11-4-12-23-50/h1-43H;1-39H. The maximum absolute atomic E-state index is 5.46. The third kappa shape index (κ3) is 15.2. The number of hydrogen-bond donors (Lipinski definition) is 0. The number of imidazole rings is 4. The quantitative estimate of drug-likeness (QED) is 0.0849. The second-order valence-electron chi connectivity index (χ2n) is 32.9. The van der Waals surface area contributed by atoms with Crippen molar-refractivity contribution in [2.75, 3.05) is 0 Å². The van der Waals surface area contributed by atoms with E-state index >= 15 is 0 Å². The first-order valence-electron chi connectivity index (χ1n) is 44.5. The predicted octanol–water partition coefficient (Wildman–Crippen LogP) is 30.9. The molecule has 0 amide bonds. The van der Waals surface area contributed by atoms with Gasteiger partial charge in [0, 0.05) is 100 Å². The van der Waals surface area contributed by atoms with E-state index in [9.17, 15) is 0 Å². The van der Waals surface area contributed by atoms with Gasteiger partial charge in [0.05, 0.1) is 67.6 Å². The van der Waals surface area contributed by atoms with Crippen LogP contribution < -0.4 is 0 Å². The molecule has 0 aliphatic rings. The van der Waals surface area contributed by atoms with Gasteiger partial charge in [-0.3, -0.25) is 18.3 Å². The van der Waals surface area contributed by atoms with Gasteiger partial charge in [-0.25, -0.2) is 29.9 Å². The number of nitrogens with zero attached hydrogens (tertiary/aromatic N) is 10. The van der Waals surface area contributed by atoms with Gasteiger partial charge in [-0.2, -0.15) is 0 Å². The Labute approximate surface area is 764 Å². The van der Waals surface area contributed by atoms with Gasteiger partial charge in [-0.15, -0.1) is 0 Å². The van der Waals surface area contributed by atoms with E-state index in [1.165, 1.54) is 0 Å². The lowest BCUT2D eigenvalue weighted by Crippen LogP contribution is -2.01. The lowest BCUT2D eigenvalue weighted by molar-refractivity contribution is 1.07. The molecule has 0 aliphatic heterocycles. The molecule has 132 heavy (non-hydrogen) atoms. The van der Waals surface area contributed by atoms with Crippen molar-refractivity contribution in [2.24, 2.45) is 0 Å². The SMILES string of the molecule is c1ccc(-c2nc(-c3ccccc3)n(-c3ccc(-c4cc5ccccc5c(-c5ccc(-n6c(-c7ccccc7)nc(-c7ccccc7)c6-c6ccccc6)cc5)n4)cc3)c2-c2ccccc2)cc1.c1ccc(-c2nc3cc(-c4ccc(-c5cc6ccccc6c(-c6ccc(-c7ccc8c(c7)nc(-c7ccccc7)n8-c7ccccc7)cc6)n5)cc4)ccc3n2-c2ccccc2)cc1. The third-order valence-electron chi connectivity index (χ3n) is 24.7. The van der Waals surface area contributed by atoms with E-state index < -0.39 is 0 Å². The fourth-order valence-electron chi connectivity index (χ4n) is 18.3. The predicted molar refractivity (Wildman–Crippen MR) is 543 cm³/mol. The van der Waals surface area contributed by atoms with E-state index in [0.717, 1.165) is 224 Å². The molecule has 24 aromatic rings. The molecule has 10 heteroatoms. The summed E-state index contributed by atoms with van der Waals surface area (Å²) in [5.41, 5.74) is 33.1. The van der Waals surface area contributed by atoms with Crippen LogP contribution in [-0.4, -0.2) is 48.2 Å². The minimum Gasteiger partial charge on any atom is -0.292 e. The largest absolute Gasteiger partial charge is 0.292 e. The van der Waals surface area contributed by atoms with Crippen LogP contribution in [0.4, 0.5) is 0 Å². The zero-order valence-electron chi connectivity index (χ0n) is 71.8. The second kappa shape index (κ2) is 34.8. The zero-order valence-corrected chi connectivity index (χ0v) is 71.8. The maximum atomic E-state index is 5.46. The molecule has 0 unspecified atom stereocenters. The molecule has 10 nitrogen and oxygen atoms in total. The summed E-state index contributed by atoms with van der Waals surface area (Å²) in [6.07, 6.45) is 0. The monoisotopic (exact) mass is 1690 g/mol. The number of para-hydroxylation sites is 2. The van der Waals surface area contributed by atoms with Gasteiger partial charge in [0.2, 0.25) is 0 Å². The Morgan fingerprint density at radius 2 is 0.386 bits per heavy atom. The van der Waals surface area contributed by atoms with Crippen LogP contribution in [0.25, 0.3) is 224 Å². The van der Waals surface area contributed by atoms with Crippen molar-refractivity contribution in [3.8, 4) is 181 Å². The average Bonchev–Trinajstić information content (AvgIpc) is 1.59. The number of aromatic nitrogens is 10. The zero-order chi connectivity index (χ0) is 87.6. The van der Waals surface area contributed by atoms with Gasteiger partial charge in [-0.1, -0.05) is 413 Å². The van der Waals surface area contributed by atoms with E-state index in [2.05, 4.69) is 467 Å². The van der Waals surface area contributed by atoms with Gasteiger partial charge in [0.1, 0.15) is 23.3 Å². The summed E-state index contributed by atoms with van der Waals surface area (Å²) in [6.45, 7) is 0. The van der Waals surface area contributed by atoms with Gasteiger partial charge < -0.3 is 0 Å². The number of fused-ring (bicyclic) bond motifs is 4. The molecule has 0 bridgehead atoms. The van der Waals surface area contributed by atoms with Gasteiger partial charge in [0.25, 0.3) is 0 Å². The molecule has 0 aliphatic carbocycles. The van der Waals surface area contributed by atoms with Crippen LogP contribution in [0.3, 0.4) is 0 Å². The highest BCUT2D eigenvalue weighted by Crippen LogP contribution is 2.45. The lowest BCUT2D eigenvalue weighted by Gasteiger charge is -2.16. The van der Waals surface area contributed by atoms with Crippen molar-refractivity contribution in [1.82, 2.24) is 48.2 Å². The summed E-state index contributed by atoms with van der Waals surface area (Å²) in [6, 6.07) is 174. The van der Waals surface area contributed by atoms with Crippen LogP contribution >= 0.6 is 0 Å². The Morgan fingerprint density at radius 1 is 0.144 bits per heavy atom. The Balaban J connectivity index is 0.000000150. The molecule has 18 aromatic carbocycles.